The fraction of sp³-hybridized carbons (Fsp3) is 0.727. The summed E-state index contributed by atoms with van der Waals surface area (Å²) in [5.74, 6) is 0.702. The molecular formula is C11H19N3. The molecule has 1 saturated heterocycles. The number of hydrogen-bond donors (Lipinski definition) is 1. The highest BCUT2D eigenvalue weighted by Crippen LogP contribution is 2.27. The molecule has 2 atom stereocenters. The molecule has 1 N–H and O–H groups in total. The summed E-state index contributed by atoms with van der Waals surface area (Å²) in [4.78, 5) is 0. The molecule has 1 aliphatic rings. The molecule has 0 aromatic carbocycles. The van der Waals surface area contributed by atoms with Gasteiger partial charge in [-0.15, -0.1) is 0 Å². The average molecular weight is 193 g/mol. The fourth-order valence-electron chi connectivity index (χ4n) is 2.37. The highest BCUT2D eigenvalue weighted by molar-refractivity contribution is 5.09. The monoisotopic (exact) mass is 193 g/mol. The Labute approximate surface area is 85.5 Å². The van der Waals surface area contributed by atoms with E-state index in [4.69, 9.17) is 0 Å². The van der Waals surface area contributed by atoms with Crippen molar-refractivity contribution >= 4 is 0 Å². The minimum atomic E-state index is 0.698. The van der Waals surface area contributed by atoms with Crippen molar-refractivity contribution in [1.82, 2.24) is 15.1 Å². The number of aromatic nitrogens is 2. The van der Waals surface area contributed by atoms with Gasteiger partial charge in [-0.3, -0.25) is 4.68 Å². The van der Waals surface area contributed by atoms with Gasteiger partial charge in [-0.05, 0) is 31.9 Å². The first-order chi connectivity index (χ1) is 6.81. The molecule has 1 aliphatic heterocycles. The number of nitrogens with one attached hydrogen (secondary N) is 1. The van der Waals surface area contributed by atoms with Crippen LogP contribution in [0.25, 0.3) is 0 Å². The maximum absolute atomic E-state index is 4.24. The van der Waals surface area contributed by atoms with Gasteiger partial charge in [-0.25, -0.2) is 0 Å². The summed E-state index contributed by atoms with van der Waals surface area (Å²) in [6.45, 7) is 3.40. The molecule has 0 aliphatic carbocycles. The number of hydrogen-bond acceptors (Lipinski definition) is 2. The normalized spacial score (nSPS) is 27.9. The summed E-state index contributed by atoms with van der Waals surface area (Å²) in [6, 6.07) is 2.85. The van der Waals surface area contributed by atoms with Crippen LogP contribution >= 0.6 is 0 Å². The topological polar surface area (TPSA) is 29.9 Å². The Bertz CT molecular complexity index is 292. The molecule has 1 aromatic heterocycles. The molecule has 2 unspecified atom stereocenters. The largest absolute Gasteiger partial charge is 0.314 e. The molecule has 14 heavy (non-hydrogen) atoms. The van der Waals surface area contributed by atoms with Crippen LogP contribution < -0.4 is 5.32 Å². The van der Waals surface area contributed by atoms with Crippen molar-refractivity contribution in [3.05, 3.63) is 18.0 Å². The van der Waals surface area contributed by atoms with Crippen molar-refractivity contribution in [2.24, 2.45) is 7.05 Å². The molecule has 0 bridgehead atoms. The summed E-state index contributed by atoms with van der Waals surface area (Å²) in [5.41, 5.74) is 1.39. The van der Waals surface area contributed by atoms with Gasteiger partial charge in [-0.1, -0.05) is 6.92 Å². The van der Waals surface area contributed by atoms with Crippen LogP contribution in [0.3, 0.4) is 0 Å². The third kappa shape index (κ3) is 1.82. The summed E-state index contributed by atoms with van der Waals surface area (Å²) >= 11 is 0. The van der Waals surface area contributed by atoms with Gasteiger partial charge in [0.1, 0.15) is 0 Å². The molecule has 3 heteroatoms. The third-order valence-electron chi connectivity index (χ3n) is 3.26. The van der Waals surface area contributed by atoms with Gasteiger partial charge < -0.3 is 5.32 Å². The van der Waals surface area contributed by atoms with Crippen LogP contribution in [-0.2, 0) is 7.05 Å². The van der Waals surface area contributed by atoms with Gasteiger partial charge in [0.05, 0.1) is 0 Å². The molecule has 2 heterocycles. The van der Waals surface area contributed by atoms with Crippen LogP contribution in [0.1, 0.15) is 37.8 Å². The molecule has 0 spiro atoms. The zero-order chi connectivity index (χ0) is 9.97. The smallest absolute Gasteiger partial charge is 0.0492 e. The van der Waals surface area contributed by atoms with Gasteiger partial charge >= 0.3 is 0 Å². The van der Waals surface area contributed by atoms with Crippen molar-refractivity contribution in [2.75, 3.05) is 6.54 Å². The maximum atomic E-state index is 4.24. The first-order valence-corrected chi connectivity index (χ1v) is 5.52. The van der Waals surface area contributed by atoms with E-state index >= 15 is 0 Å². The van der Waals surface area contributed by atoms with Gasteiger partial charge in [0.15, 0.2) is 0 Å². The molecule has 1 aromatic rings. The second-order valence-electron chi connectivity index (χ2n) is 4.16. The van der Waals surface area contributed by atoms with Crippen LogP contribution in [0.2, 0.25) is 0 Å². The Morgan fingerprint density at radius 3 is 3.14 bits per heavy atom. The lowest BCUT2D eigenvalue weighted by Crippen LogP contribution is -2.37. The van der Waals surface area contributed by atoms with E-state index in [1.165, 1.54) is 25.0 Å². The average Bonchev–Trinajstić information content (AvgIpc) is 2.65. The summed E-state index contributed by atoms with van der Waals surface area (Å²) < 4.78 is 2.02. The molecule has 2 rings (SSSR count). The highest BCUT2D eigenvalue weighted by Gasteiger charge is 2.23. The van der Waals surface area contributed by atoms with Crippen LogP contribution in [0.5, 0.6) is 0 Å². The molecule has 1 fully saturated rings. The lowest BCUT2D eigenvalue weighted by molar-refractivity contribution is 0.345. The number of piperidine rings is 1. The van der Waals surface area contributed by atoms with Crippen molar-refractivity contribution in [2.45, 2.75) is 38.1 Å². The minimum Gasteiger partial charge on any atom is -0.314 e. The molecule has 0 amide bonds. The summed E-state index contributed by atoms with van der Waals surface area (Å²) in [7, 11) is 2.04. The van der Waals surface area contributed by atoms with Crippen LogP contribution in [0.15, 0.2) is 12.3 Å². The zero-order valence-corrected chi connectivity index (χ0v) is 9.03. The molecule has 0 radical (unpaired) electrons. The van der Waals surface area contributed by atoms with Crippen molar-refractivity contribution < 1.29 is 0 Å². The lowest BCUT2D eigenvalue weighted by Gasteiger charge is -2.29. The predicted octanol–water partition coefficient (Wildman–Crippen LogP) is 1.67. The van der Waals surface area contributed by atoms with Crippen molar-refractivity contribution in [3.63, 3.8) is 0 Å². The summed E-state index contributed by atoms with van der Waals surface area (Å²) in [5, 5.41) is 7.79. The van der Waals surface area contributed by atoms with Crippen LogP contribution in [0.4, 0.5) is 0 Å². The standard InChI is InChI=1S/C11H19N3/c1-3-10-8-9(4-6-12-10)11-5-7-13-14(11)2/h5,7,9-10,12H,3-4,6,8H2,1-2H3. The molecule has 3 nitrogen and oxygen atoms in total. The van der Waals surface area contributed by atoms with Gasteiger partial charge in [0.25, 0.3) is 0 Å². The van der Waals surface area contributed by atoms with Crippen LogP contribution in [0, 0.1) is 0 Å². The Morgan fingerprint density at radius 2 is 2.50 bits per heavy atom. The van der Waals surface area contributed by atoms with Gasteiger partial charge in [0.2, 0.25) is 0 Å². The van der Waals surface area contributed by atoms with E-state index in [2.05, 4.69) is 23.4 Å². The van der Waals surface area contributed by atoms with E-state index < -0.39 is 0 Å². The number of rotatable bonds is 2. The van der Waals surface area contributed by atoms with Crippen LogP contribution in [-0.4, -0.2) is 22.4 Å². The van der Waals surface area contributed by atoms with E-state index in [0.717, 1.165) is 6.54 Å². The first-order valence-electron chi connectivity index (χ1n) is 5.52. The summed E-state index contributed by atoms with van der Waals surface area (Å²) in [6.07, 6.45) is 5.64. The molecular weight excluding hydrogens is 174 g/mol. The zero-order valence-electron chi connectivity index (χ0n) is 9.03. The van der Waals surface area contributed by atoms with E-state index in [-0.39, 0.29) is 0 Å². The second kappa shape index (κ2) is 4.13. The van der Waals surface area contributed by atoms with Crippen molar-refractivity contribution in [3.8, 4) is 0 Å². The number of nitrogens with zero attached hydrogens (tertiary/aromatic N) is 2. The SMILES string of the molecule is CCC1CC(c2ccnn2C)CCN1. The second-order valence-corrected chi connectivity index (χ2v) is 4.16. The number of aryl methyl sites for hydroxylation is 1. The quantitative estimate of drug-likeness (QED) is 0.774. The van der Waals surface area contributed by atoms with E-state index in [9.17, 15) is 0 Å². The maximum Gasteiger partial charge on any atom is 0.0492 e. The van der Waals surface area contributed by atoms with E-state index in [0.29, 0.717) is 12.0 Å². The van der Waals surface area contributed by atoms with Gasteiger partial charge in [0, 0.05) is 30.9 Å². The third-order valence-corrected chi connectivity index (χ3v) is 3.26. The fourth-order valence-corrected chi connectivity index (χ4v) is 2.37. The Kier molecular flexibility index (Phi) is 2.87. The molecule has 0 saturated carbocycles. The Balaban J connectivity index is 2.08. The first kappa shape index (κ1) is 9.71. The Morgan fingerprint density at radius 1 is 1.64 bits per heavy atom. The van der Waals surface area contributed by atoms with Gasteiger partial charge in [-0.2, -0.15) is 5.10 Å². The predicted molar refractivity (Wildman–Crippen MR) is 57.3 cm³/mol. The van der Waals surface area contributed by atoms with Crippen molar-refractivity contribution in [1.29, 1.82) is 0 Å². The lowest BCUT2D eigenvalue weighted by atomic mass is 9.89. The highest BCUT2D eigenvalue weighted by atomic mass is 15.3. The van der Waals surface area contributed by atoms with E-state index in [1.54, 1.807) is 0 Å². The van der Waals surface area contributed by atoms with E-state index in [1.807, 2.05) is 17.9 Å². The molecule has 78 valence electrons. The Hall–Kier alpha value is -0.830. The minimum absolute atomic E-state index is 0.698.